The second-order valence-electron chi connectivity index (χ2n) is 4.00. The van der Waals surface area contributed by atoms with Gasteiger partial charge in [-0.3, -0.25) is 0 Å². The summed E-state index contributed by atoms with van der Waals surface area (Å²) in [7, 11) is 0. The molecule has 0 unspecified atom stereocenters. The van der Waals surface area contributed by atoms with E-state index < -0.39 is 0 Å². The minimum Gasteiger partial charge on any atom is -0.312 e. The van der Waals surface area contributed by atoms with Crippen molar-refractivity contribution in [3.8, 4) is 10.6 Å². The summed E-state index contributed by atoms with van der Waals surface area (Å²) in [6.07, 6.45) is 0.988. The molecular weight excluding hydrogens is 308 g/mol. The number of hydrogen-bond donors (Lipinski definition) is 1. The molecule has 0 bridgehead atoms. The molecule has 0 aliphatic carbocycles. The standard InChI is InChI=1S/C14H17BrN2S/c1-3-12-13(9-16-4-2)18-14(17-12)10-7-5-6-8-11(10)15/h5-8,16H,3-4,9H2,1-2H3. The molecule has 0 aliphatic rings. The van der Waals surface area contributed by atoms with Crippen molar-refractivity contribution in [2.24, 2.45) is 0 Å². The van der Waals surface area contributed by atoms with E-state index in [1.54, 1.807) is 11.3 Å². The Morgan fingerprint density at radius 3 is 2.72 bits per heavy atom. The Morgan fingerprint density at radius 1 is 1.28 bits per heavy atom. The van der Waals surface area contributed by atoms with Gasteiger partial charge in [-0.2, -0.15) is 0 Å². The van der Waals surface area contributed by atoms with E-state index in [1.807, 2.05) is 6.07 Å². The zero-order valence-corrected chi connectivity index (χ0v) is 13.1. The van der Waals surface area contributed by atoms with Crippen LogP contribution in [-0.2, 0) is 13.0 Å². The lowest BCUT2D eigenvalue weighted by Gasteiger charge is -1.99. The molecule has 0 spiro atoms. The number of thiazole rings is 1. The third kappa shape index (κ3) is 2.99. The molecule has 96 valence electrons. The monoisotopic (exact) mass is 324 g/mol. The molecule has 2 rings (SSSR count). The maximum absolute atomic E-state index is 4.76. The van der Waals surface area contributed by atoms with Gasteiger partial charge < -0.3 is 5.32 Å². The van der Waals surface area contributed by atoms with Crippen molar-refractivity contribution in [3.05, 3.63) is 39.3 Å². The van der Waals surface area contributed by atoms with Crippen molar-refractivity contribution in [2.75, 3.05) is 6.54 Å². The minimum atomic E-state index is 0.918. The van der Waals surface area contributed by atoms with E-state index in [0.717, 1.165) is 29.0 Å². The summed E-state index contributed by atoms with van der Waals surface area (Å²) in [6, 6.07) is 8.25. The average molecular weight is 325 g/mol. The van der Waals surface area contributed by atoms with Crippen molar-refractivity contribution in [1.29, 1.82) is 0 Å². The molecule has 4 heteroatoms. The van der Waals surface area contributed by atoms with Crippen LogP contribution in [0, 0.1) is 0 Å². The van der Waals surface area contributed by atoms with Crippen LogP contribution < -0.4 is 5.32 Å². The van der Waals surface area contributed by atoms with Crippen LogP contribution in [0.1, 0.15) is 24.4 Å². The molecule has 18 heavy (non-hydrogen) atoms. The Labute approximate surface area is 121 Å². The second kappa shape index (κ2) is 6.45. The SMILES string of the molecule is CCNCc1sc(-c2ccccc2Br)nc1CC. The molecule has 0 aliphatic heterocycles. The minimum absolute atomic E-state index is 0.918. The Hall–Kier alpha value is -0.710. The number of halogens is 1. The lowest BCUT2D eigenvalue weighted by Crippen LogP contribution is -2.11. The van der Waals surface area contributed by atoms with Gasteiger partial charge in [0.15, 0.2) is 0 Å². The van der Waals surface area contributed by atoms with Crippen LogP contribution in [-0.4, -0.2) is 11.5 Å². The summed E-state index contributed by atoms with van der Waals surface area (Å²) >= 11 is 5.38. The normalized spacial score (nSPS) is 10.8. The first kappa shape index (κ1) is 13.7. The highest BCUT2D eigenvalue weighted by molar-refractivity contribution is 9.10. The number of benzene rings is 1. The summed E-state index contributed by atoms with van der Waals surface area (Å²) in [5.41, 5.74) is 2.40. The fraction of sp³-hybridized carbons (Fsp3) is 0.357. The third-order valence-corrected chi connectivity index (χ3v) is 4.58. The van der Waals surface area contributed by atoms with Gasteiger partial charge in [-0.1, -0.05) is 48.0 Å². The van der Waals surface area contributed by atoms with Gasteiger partial charge in [-0.25, -0.2) is 4.98 Å². The largest absolute Gasteiger partial charge is 0.312 e. The fourth-order valence-corrected chi connectivity index (χ4v) is 3.55. The molecule has 0 saturated carbocycles. The van der Waals surface area contributed by atoms with Gasteiger partial charge in [0.2, 0.25) is 0 Å². The predicted molar refractivity (Wildman–Crippen MR) is 82.0 cm³/mol. The zero-order valence-electron chi connectivity index (χ0n) is 10.7. The highest BCUT2D eigenvalue weighted by atomic mass is 79.9. The summed E-state index contributed by atoms with van der Waals surface area (Å²) in [6.45, 7) is 6.20. The molecule has 0 radical (unpaired) electrons. The van der Waals surface area contributed by atoms with E-state index in [-0.39, 0.29) is 0 Å². The summed E-state index contributed by atoms with van der Waals surface area (Å²) in [5, 5.41) is 4.48. The van der Waals surface area contributed by atoms with Gasteiger partial charge in [-0.05, 0) is 19.0 Å². The fourth-order valence-electron chi connectivity index (χ4n) is 1.79. The molecule has 1 aromatic heterocycles. The van der Waals surface area contributed by atoms with Crippen LogP contribution in [0.3, 0.4) is 0 Å². The van der Waals surface area contributed by atoms with E-state index >= 15 is 0 Å². The lowest BCUT2D eigenvalue weighted by atomic mass is 10.2. The van der Waals surface area contributed by atoms with Gasteiger partial charge in [-0.15, -0.1) is 11.3 Å². The zero-order chi connectivity index (χ0) is 13.0. The van der Waals surface area contributed by atoms with Crippen molar-refractivity contribution in [3.63, 3.8) is 0 Å². The Kier molecular flexibility index (Phi) is 4.92. The smallest absolute Gasteiger partial charge is 0.125 e. The maximum Gasteiger partial charge on any atom is 0.125 e. The quantitative estimate of drug-likeness (QED) is 0.889. The number of rotatable bonds is 5. The van der Waals surface area contributed by atoms with Gasteiger partial charge in [0.1, 0.15) is 5.01 Å². The molecule has 0 amide bonds. The van der Waals surface area contributed by atoms with Crippen molar-refractivity contribution < 1.29 is 0 Å². The van der Waals surface area contributed by atoms with E-state index in [0.29, 0.717) is 0 Å². The molecule has 0 atom stereocenters. The lowest BCUT2D eigenvalue weighted by molar-refractivity contribution is 0.727. The number of hydrogen-bond acceptors (Lipinski definition) is 3. The molecule has 1 aromatic carbocycles. The summed E-state index contributed by atoms with van der Waals surface area (Å²) in [5.74, 6) is 0. The summed E-state index contributed by atoms with van der Waals surface area (Å²) in [4.78, 5) is 6.11. The Bertz CT molecular complexity index is 522. The van der Waals surface area contributed by atoms with E-state index in [4.69, 9.17) is 4.98 Å². The first-order chi connectivity index (χ1) is 8.76. The maximum atomic E-state index is 4.76. The van der Waals surface area contributed by atoms with E-state index in [9.17, 15) is 0 Å². The topological polar surface area (TPSA) is 24.9 Å². The van der Waals surface area contributed by atoms with Gasteiger partial charge in [0.25, 0.3) is 0 Å². The van der Waals surface area contributed by atoms with Crippen molar-refractivity contribution in [2.45, 2.75) is 26.8 Å². The van der Waals surface area contributed by atoms with Crippen LogP contribution in [0.2, 0.25) is 0 Å². The van der Waals surface area contributed by atoms with Crippen LogP contribution in [0.15, 0.2) is 28.7 Å². The molecule has 0 saturated heterocycles. The second-order valence-corrected chi connectivity index (χ2v) is 5.94. The number of nitrogens with one attached hydrogen (secondary N) is 1. The third-order valence-electron chi connectivity index (χ3n) is 2.75. The van der Waals surface area contributed by atoms with Crippen LogP contribution >= 0.6 is 27.3 Å². The molecule has 1 heterocycles. The van der Waals surface area contributed by atoms with Crippen LogP contribution in [0.4, 0.5) is 0 Å². The number of aryl methyl sites for hydroxylation is 1. The first-order valence-corrected chi connectivity index (χ1v) is 7.81. The summed E-state index contributed by atoms with van der Waals surface area (Å²) < 4.78 is 1.11. The van der Waals surface area contributed by atoms with Gasteiger partial charge in [0, 0.05) is 21.5 Å². The average Bonchev–Trinajstić information content (AvgIpc) is 2.80. The molecule has 0 fully saturated rings. The molecular formula is C14H17BrN2S. The van der Waals surface area contributed by atoms with Crippen LogP contribution in [0.5, 0.6) is 0 Å². The number of nitrogens with zero attached hydrogens (tertiary/aromatic N) is 1. The highest BCUT2D eigenvalue weighted by Crippen LogP contribution is 2.33. The van der Waals surface area contributed by atoms with Crippen LogP contribution in [0.25, 0.3) is 10.6 Å². The Morgan fingerprint density at radius 2 is 2.06 bits per heavy atom. The molecule has 1 N–H and O–H groups in total. The number of aromatic nitrogens is 1. The Balaban J connectivity index is 2.35. The molecule has 2 aromatic rings. The highest BCUT2D eigenvalue weighted by Gasteiger charge is 2.12. The van der Waals surface area contributed by atoms with Gasteiger partial charge in [0.05, 0.1) is 5.69 Å². The van der Waals surface area contributed by atoms with E-state index in [2.05, 4.69) is 53.3 Å². The predicted octanol–water partition coefficient (Wildman–Crippen LogP) is 4.24. The first-order valence-electron chi connectivity index (χ1n) is 6.20. The van der Waals surface area contributed by atoms with Crippen molar-refractivity contribution in [1.82, 2.24) is 10.3 Å². The van der Waals surface area contributed by atoms with Gasteiger partial charge >= 0.3 is 0 Å². The van der Waals surface area contributed by atoms with Crippen molar-refractivity contribution >= 4 is 27.3 Å². The van der Waals surface area contributed by atoms with E-state index in [1.165, 1.54) is 16.1 Å². The molecule has 2 nitrogen and oxygen atoms in total.